The van der Waals surface area contributed by atoms with Crippen LogP contribution in [0.25, 0.3) is 0 Å². The van der Waals surface area contributed by atoms with E-state index >= 15 is 0 Å². The van der Waals surface area contributed by atoms with Crippen molar-refractivity contribution in [2.45, 2.75) is 6.42 Å². The first kappa shape index (κ1) is 12.4. The van der Waals surface area contributed by atoms with Crippen molar-refractivity contribution in [2.24, 2.45) is 5.92 Å². The molecule has 1 aromatic heterocycles. The summed E-state index contributed by atoms with van der Waals surface area (Å²) in [5.74, 6) is 3.14. The van der Waals surface area contributed by atoms with Crippen LogP contribution in [0.5, 0.6) is 0 Å². The van der Waals surface area contributed by atoms with E-state index in [4.69, 9.17) is 11.6 Å². The van der Waals surface area contributed by atoms with E-state index in [0.717, 1.165) is 18.7 Å². The molecule has 0 aliphatic carbocycles. The smallest absolute Gasteiger partial charge is 0.312 e. The van der Waals surface area contributed by atoms with Gasteiger partial charge in [-0.1, -0.05) is 11.6 Å². The Balaban J connectivity index is 2.06. The predicted molar refractivity (Wildman–Crippen MR) is 69.8 cm³/mol. The second kappa shape index (κ2) is 5.55. The average molecular weight is 274 g/mol. The number of aromatic nitrogens is 1. The highest BCUT2D eigenvalue weighted by Crippen LogP contribution is 2.27. The maximum atomic E-state index is 10.8. The Hall–Kier alpha value is -1.01. The zero-order valence-corrected chi connectivity index (χ0v) is 10.6. The summed E-state index contributed by atoms with van der Waals surface area (Å²) in [5.41, 5.74) is -0.0665. The lowest BCUT2D eigenvalue weighted by Gasteiger charge is -2.10. The first-order chi connectivity index (χ1) is 8.16. The highest BCUT2D eigenvalue weighted by atomic mass is 35.5. The lowest BCUT2D eigenvalue weighted by atomic mass is 10.1. The fourth-order valence-corrected chi connectivity index (χ4v) is 3.13. The molecular weight excluding hydrogens is 262 g/mol. The summed E-state index contributed by atoms with van der Waals surface area (Å²) in [6, 6.07) is 1.32. The molecule has 1 aromatic rings. The normalized spacial score (nSPS) is 19.2. The lowest BCUT2D eigenvalue weighted by molar-refractivity contribution is -0.384. The van der Waals surface area contributed by atoms with Gasteiger partial charge in [-0.25, -0.2) is 4.98 Å². The minimum Gasteiger partial charge on any atom is -0.364 e. The molecule has 0 spiro atoms. The molecule has 0 amide bonds. The molecule has 1 unspecified atom stereocenters. The molecule has 0 aromatic carbocycles. The molecule has 2 heterocycles. The van der Waals surface area contributed by atoms with Crippen LogP contribution in [-0.4, -0.2) is 28.0 Å². The summed E-state index contributed by atoms with van der Waals surface area (Å²) in [6.45, 7) is 0.725. The molecule has 0 radical (unpaired) electrons. The number of anilines is 1. The fourth-order valence-electron chi connectivity index (χ4n) is 1.69. The van der Waals surface area contributed by atoms with E-state index in [9.17, 15) is 10.1 Å². The van der Waals surface area contributed by atoms with E-state index in [1.54, 1.807) is 0 Å². The summed E-state index contributed by atoms with van der Waals surface area (Å²) in [5, 5.41) is 14.1. The number of hydrogen-bond donors (Lipinski definition) is 1. The summed E-state index contributed by atoms with van der Waals surface area (Å²) >= 11 is 7.60. The van der Waals surface area contributed by atoms with E-state index in [2.05, 4.69) is 10.3 Å². The van der Waals surface area contributed by atoms with Crippen molar-refractivity contribution in [3.8, 4) is 0 Å². The van der Waals surface area contributed by atoms with Gasteiger partial charge in [-0.05, 0) is 23.8 Å². The molecule has 2 rings (SSSR count). The van der Waals surface area contributed by atoms with Crippen molar-refractivity contribution < 1.29 is 4.92 Å². The number of nitrogens with zero attached hydrogens (tertiary/aromatic N) is 2. The molecule has 17 heavy (non-hydrogen) atoms. The van der Waals surface area contributed by atoms with Crippen molar-refractivity contribution in [3.05, 3.63) is 27.4 Å². The van der Waals surface area contributed by atoms with Gasteiger partial charge in [-0.15, -0.1) is 0 Å². The standard InChI is InChI=1S/C10H12ClN3O2S/c11-8-3-9(14(15)16)10(13-5-8)12-4-7-1-2-17-6-7/h3,5,7H,1-2,4,6H2,(H,12,13). The molecule has 1 aliphatic rings. The molecule has 5 nitrogen and oxygen atoms in total. The van der Waals surface area contributed by atoms with Gasteiger partial charge in [-0.2, -0.15) is 11.8 Å². The van der Waals surface area contributed by atoms with Crippen LogP contribution in [0, 0.1) is 16.0 Å². The van der Waals surface area contributed by atoms with Crippen LogP contribution < -0.4 is 5.32 Å². The number of nitrogens with one attached hydrogen (secondary N) is 1. The Morgan fingerprint density at radius 3 is 3.18 bits per heavy atom. The molecule has 0 bridgehead atoms. The first-order valence-electron chi connectivity index (χ1n) is 5.28. The van der Waals surface area contributed by atoms with E-state index in [-0.39, 0.29) is 10.7 Å². The van der Waals surface area contributed by atoms with Crippen molar-refractivity contribution in [1.82, 2.24) is 4.98 Å². The monoisotopic (exact) mass is 273 g/mol. The number of halogens is 1. The van der Waals surface area contributed by atoms with Crippen molar-refractivity contribution in [3.63, 3.8) is 0 Å². The molecule has 1 aliphatic heterocycles. The van der Waals surface area contributed by atoms with E-state index in [0.29, 0.717) is 11.7 Å². The Morgan fingerprint density at radius 1 is 1.71 bits per heavy atom. The number of thioether (sulfide) groups is 1. The number of hydrogen-bond acceptors (Lipinski definition) is 5. The molecule has 1 saturated heterocycles. The van der Waals surface area contributed by atoms with Crippen LogP contribution in [-0.2, 0) is 0 Å². The molecule has 0 saturated carbocycles. The zero-order valence-electron chi connectivity index (χ0n) is 9.06. The predicted octanol–water partition coefficient (Wildman–Crippen LogP) is 2.81. The van der Waals surface area contributed by atoms with Crippen LogP contribution in [0.4, 0.5) is 11.5 Å². The molecule has 7 heteroatoms. The Kier molecular flexibility index (Phi) is 4.06. The second-order valence-corrected chi connectivity index (χ2v) is 5.48. The molecule has 1 fully saturated rings. The third-order valence-electron chi connectivity index (χ3n) is 2.61. The van der Waals surface area contributed by atoms with Crippen LogP contribution in [0.2, 0.25) is 5.02 Å². The minimum atomic E-state index is -0.468. The Bertz CT molecular complexity index is 424. The topological polar surface area (TPSA) is 68.1 Å². The minimum absolute atomic E-state index is 0.0665. The van der Waals surface area contributed by atoms with Gasteiger partial charge in [0.2, 0.25) is 5.82 Å². The van der Waals surface area contributed by atoms with Gasteiger partial charge in [0.05, 0.1) is 9.95 Å². The van der Waals surface area contributed by atoms with Crippen molar-refractivity contribution >= 4 is 34.9 Å². The van der Waals surface area contributed by atoms with E-state index in [1.165, 1.54) is 18.0 Å². The SMILES string of the molecule is O=[N+]([O-])c1cc(Cl)cnc1NCC1CCSC1. The van der Waals surface area contributed by atoms with Crippen LogP contribution in [0.15, 0.2) is 12.3 Å². The van der Waals surface area contributed by atoms with Crippen LogP contribution >= 0.6 is 23.4 Å². The Morgan fingerprint density at radius 2 is 2.53 bits per heavy atom. The number of nitro groups is 1. The van der Waals surface area contributed by atoms with E-state index < -0.39 is 4.92 Å². The molecule has 92 valence electrons. The third-order valence-corrected chi connectivity index (χ3v) is 4.05. The largest absolute Gasteiger partial charge is 0.364 e. The zero-order chi connectivity index (χ0) is 12.3. The maximum Gasteiger partial charge on any atom is 0.312 e. The van der Waals surface area contributed by atoms with Crippen LogP contribution in [0.3, 0.4) is 0 Å². The summed E-state index contributed by atoms with van der Waals surface area (Å²) < 4.78 is 0. The maximum absolute atomic E-state index is 10.8. The summed E-state index contributed by atoms with van der Waals surface area (Å²) in [4.78, 5) is 14.3. The number of pyridine rings is 1. The van der Waals surface area contributed by atoms with Crippen molar-refractivity contribution in [1.29, 1.82) is 0 Å². The first-order valence-corrected chi connectivity index (χ1v) is 6.81. The van der Waals surface area contributed by atoms with Crippen LogP contribution in [0.1, 0.15) is 6.42 Å². The summed E-state index contributed by atoms with van der Waals surface area (Å²) in [7, 11) is 0. The second-order valence-electron chi connectivity index (χ2n) is 3.89. The van der Waals surface area contributed by atoms with E-state index in [1.807, 2.05) is 11.8 Å². The molecule has 1 atom stereocenters. The highest BCUT2D eigenvalue weighted by molar-refractivity contribution is 7.99. The van der Waals surface area contributed by atoms with Gasteiger partial charge in [0.1, 0.15) is 0 Å². The highest BCUT2D eigenvalue weighted by Gasteiger charge is 2.19. The van der Waals surface area contributed by atoms with Gasteiger partial charge in [-0.3, -0.25) is 10.1 Å². The van der Waals surface area contributed by atoms with Gasteiger partial charge in [0.15, 0.2) is 0 Å². The third kappa shape index (κ3) is 3.23. The van der Waals surface area contributed by atoms with Gasteiger partial charge in [0, 0.05) is 18.8 Å². The molecular formula is C10H12ClN3O2S. The Labute approximate surface area is 108 Å². The number of rotatable bonds is 4. The van der Waals surface area contributed by atoms with Gasteiger partial charge in [0.25, 0.3) is 0 Å². The van der Waals surface area contributed by atoms with Gasteiger partial charge >= 0.3 is 5.69 Å². The fraction of sp³-hybridized carbons (Fsp3) is 0.500. The summed E-state index contributed by atoms with van der Waals surface area (Å²) in [6.07, 6.45) is 2.57. The average Bonchev–Trinajstić information content (AvgIpc) is 2.80. The van der Waals surface area contributed by atoms with Gasteiger partial charge < -0.3 is 5.32 Å². The lowest BCUT2D eigenvalue weighted by Crippen LogP contribution is -2.15. The molecule has 1 N–H and O–H groups in total. The van der Waals surface area contributed by atoms with Crippen molar-refractivity contribution in [2.75, 3.05) is 23.4 Å². The quantitative estimate of drug-likeness (QED) is 0.675.